The van der Waals surface area contributed by atoms with Crippen LogP contribution in [0.3, 0.4) is 0 Å². The fourth-order valence-electron chi connectivity index (χ4n) is 0.252. The Morgan fingerprint density at radius 2 is 2.14 bits per heavy atom. The monoisotopic (exact) mass is 96.1 g/mol. The molecule has 0 aliphatic heterocycles. The van der Waals surface area contributed by atoms with Crippen molar-refractivity contribution >= 4 is 6.72 Å². The lowest BCUT2D eigenvalue weighted by Gasteiger charge is -1.74. The summed E-state index contributed by atoms with van der Waals surface area (Å²) >= 11 is 0. The highest BCUT2D eigenvalue weighted by Gasteiger charge is 1.75. The third-order valence-corrected chi connectivity index (χ3v) is 0.575. The summed E-state index contributed by atoms with van der Waals surface area (Å²) in [6, 6.07) is 0. The molecule has 0 aliphatic rings. The van der Waals surface area contributed by atoms with Crippen LogP contribution in [0.4, 0.5) is 0 Å². The first kappa shape index (κ1) is 6.15. The maximum Gasteiger partial charge on any atom is 0.169 e. The molecule has 0 atom stereocenters. The lowest BCUT2D eigenvalue weighted by molar-refractivity contribution is -0.366. The van der Waals surface area contributed by atoms with Crippen molar-refractivity contribution in [2.45, 2.75) is 6.92 Å². The van der Waals surface area contributed by atoms with E-state index in [0.29, 0.717) is 0 Å². The maximum atomic E-state index is 3.57. The van der Waals surface area contributed by atoms with E-state index in [1.54, 1.807) is 10.8 Å². The number of hydrogen-bond donors (Lipinski definition) is 0. The predicted octanol–water partition coefficient (Wildman–Crippen LogP) is 1.38. The molecule has 0 amide bonds. The van der Waals surface area contributed by atoms with Crippen molar-refractivity contribution in [1.82, 2.24) is 0 Å². The second-order valence-corrected chi connectivity index (χ2v) is 1.18. The standard InChI is InChI=1S/C6H10N/c1-4-6-7(3)5-2/h4-6H,2-3H2,1H3/q+1/b6-4-. The molecule has 0 N–H and O–H groups in total. The molecule has 38 valence electrons. The Balaban J connectivity index is 3.58. The van der Waals surface area contributed by atoms with E-state index in [2.05, 4.69) is 13.3 Å². The Kier molecular flexibility index (Phi) is 2.94. The molecule has 0 fully saturated rings. The summed E-state index contributed by atoms with van der Waals surface area (Å²) in [6.07, 6.45) is 5.36. The number of hydrogen-bond acceptors (Lipinski definition) is 0. The fraction of sp³-hybridized carbons (Fsp3) is 0.167. The van der Waals surface area contributed by atoms with Gasteiger partial charge in [-0.05, 0) is 19.6 Å². The van der Waals surface area contributed by atoms with Crippen LogP contribution in [0.25, 0.3) is 0 Å². The third-order valence-electron chi connectivity index (χ3n) is 0.575. The molecular formula is C6H10N+. The van der Waals surface area contributed by atoms with Crippen LogP contribution in [0, 0.1) is 0 Å². The van der Waals surface area contributed by atoms with Crippen molar-refractivity contribution in [2.75, 3.05) is 0 Å². The van der Waals surface area contributed by atoms with E-state index in [0.717, 1.165) is 0 Å². The highest BCUT2D eigenvalue weighted by Crippen LogP contribution is 1.71. The average molecular weight is 96.2 g/mol. The van der Waals surface area contributed by atoms with Gasteiger partial charge < -0.3 is 0 Å². The van der Waals surface area contributed by atoms with Crippen molar-refractivity contribution in [1.29, 1.82) is 0 Å². The molecule has 1 heteroatoms. The lowest BCUT2D eigenvalue weighted by atomic mass is 10.7. The molecule has 0 radical (unpaired) electrons. The minimum atomic E-state index is 1.64. The van der Waals surface area contributed by atoms with Crippen LogP contribution in [0.1, 0.15) is 6.92 Å². The van der Waals surface area contributed by atoms with Crippen molar-refractivity contribution in [3.63, 3.8) is 0 Å². The molecular weight excluding hydrogens is 86.1 g/mol. The van der Waals surface area contributed by atoms with Crippen LogP contribution >= 0.6 is 0 Å². The molecule has 0 saturated carbocycles. The van der Waals surface area contributed by atoms with E-state index in [-0.39, 0.29) is 0 Å². The molecule has 0 unspecified atom stereocenters. The van der Waals surface area contributed by atoms with Gasteiger partial charge in [0.15, 0.2) is 12.4 Å². The number of allylic oxidation sites excluding steroid dienone is 1. The summed E-state index contributed by atoms with van der Waals surface area (Å²) in [7, 11) is 0. The van der Waals surface area contributed by atoms with Gasteiger partial charge in [0.05, 0.1) is 0 Å². The first-order valence-electron chi connectivity index (χ1n) is 2.15. The minimum absolute atomic E-state index is 1.64. The van der Waals surface area contributed by atoms with Crippen molar-refractivity contribution < 1.29 is 4.58 Å². The van der Waals surface area contributed by atoms with Gasteiger partial charge in [0.1, 0.15) is 6.72 Å². The Bertz CT molecular complexity index is 101. The molecule has 0 spiro atoms. The van der Waals surface area contributed by atoms with Crippen LogP contribution in [0.15, 0.2) is 25.1 Å². The zero-order valence-electron chi connectivity index (χ0n) is 4.59. The molecule has 0 rings (SSSR count). The number of nitrogens with zero attached hydrogens (tertiary/aromatic N) is 1. The van der Waals surface area contributed by atoms with Gasteiger partial charge >= 0.3 is 0 Å². The Morgan fingerprint density at radius 3 is 2.29 bits per heavy atom. The molecule has 7 heavy (non-hydrogen) atoms. The van der Waals surface area contributed by atoms with Crippen LogP contribution in [0.2, 0.25) is 0 Å². The summed E-state index contributed by atoms with van der Waals surface area (Å²) in [5.41, 5.74) is 0. The van der Waals surface area contributed by atoms with Crippen LogP contribution in [0.5, 0.6) is 0 Å². The molecule has 0 aromatic rings. The smallest absolute Gasteiger partial charge is 0.169 e. The quantitative estimate of drug-likeness (QED) is 0.361. The molecule has 1 nitrogen and oxygen atoms in total. The summed E-state index contributed by atoms with van der Waals surface area (Å²) in [5.74, 6) is 0. The summed E-state index contributed by atoms with van der Waals surface area (Å²) in [5, 5.41) is 0. The van der Waals surface area contributed by atoms with Crippen molar-refractivity contribution in [3.8, 4) is 0 Å². The van der Waals surface area contributed by atoms with Gasteiger partial charge in [-0.2, -0.15) is 4.58 Å². The summed E-state index contributed by atoms with van der Waals surface area (Å²) in [4.78, 5) is 0. The van der Waals surface area contributed by atoms with Crippen molar-refractivity contribution in [2.24, 2.45) is 0 Å². The van der Waals surface area contributed by atoms with Gasteiger partial charge in [0, 0.05) is 0 Å². The molecule has 0 aliphatic carbocycles. The highest BCUT2D eigenvalue weighted by molar-refractivity contribution is 5.16. The lowest BCUT2D eigenvalue weighted by Crippen LogP contribution is -1.84. The largest absolute Gasteiger partial charge is 0.181 e. The molecule has 0 bridgehead atoms. The van der Waals surface area contributed by atoms with Gasteiger partial charge in [-0.25, -0.2) is 0 Å². The molecule has 0 heterocycles. The summed E-state index contributed by atoms with van der Waals surface area (Å²) in [6.45, 7) is 9.00. The number of rotatable bonds is 2. The first-order valence-corrected chi connectivity index (χ1v) is 2.15. The highest BCUT2D eigenvalue weighted by atomic mass is 14.9. The molecule has 0 aromatic carbocycles. The first-order chi connectivity index (χ1) is 3.31. The zero-order chi connectivity index (χ0) is 5.70. The molecule has 0 aromatic heterocycles. The zero-order valence-corrected chi connectivity index (χ0v) is 4.59. The molecule has 0 saturated heterocycles. The van der Waals surface area contributed by atoms with Gasteiger partial charge in [-0.3, -0.25) is 0 Å². The van der Waals surface area contributed by atoms with E-state index < -0.39 is 0 Å². The van der Waals surface area contributed by atoms with Crippen LogP contribution in [-0.2, 0) is 0 Å². The predicted molar refractivity (Wildman–Crippen MR) is 32.4 cm³/mol. The van der Waals surface area contributed by atoms with Gasteiger partial charge in [-0.15, -0.1) is 0 Å². The Labute approximate surface area is 44.3 Å². The second kappa shape index (κ2) is 3.34. The average Bonchev–Trinajstić information content (AvgIpc) is 1.68. The third kappa shape index (κ3) is 2.97. The van der Waals surface area contributed by atoms with E-state index in [1.807, 2.05) is 19.2 Å². The summed E-state index contributed by atoms with van der Waals surface area (Å²) < 4.78 is 1.64. The fourth-order valence-corrected chi connectivity index (χ4v) is 0.252. The second-order valence-electron chi connectivity index (χ2n) is 1.18. The SMILES string of the molecule is C=C[N+](=C)/C=C\C. The van der Waals surface area contributed by atoms with Crippen LogP contribution in [-0.4, -0.2) is 11.3 Å². The van der Waals surface area contributed by atoms with Gasteiger partial charge in [0.2, 0.25) is 0 Å². The van der Waals surface area contributed by atoms with Crippen LogP contribution < -0.4 is 0 Å². The van der Waals surface area contributed by atoms with Gasteiger partial charge in [-0.1, -0.05) is 0 Å². The van der Waals surface area contributed by atoms with E-state index in [4.69, 9.17) is 0 Å². The maximum absolute atomic E-state index is 3.57. The van der Waals surface area contributed by atoms with E-state index >= 15 is 0 Å². The van der Waals surface area contributed by atoms with Crippen molar-refractivity contribution in [3.05, 3.63) is 25.1 Å². The minimum Gasteiger partial charge on any atom is -0.181 e. The van der Waals surface area contributed by atoms with E-state index in [9.17, 15) is 0 Å². The van der Waals surface area contributed by atoms with E-state index in [1.165, 1.54) is 0 Å². The topological polar surface area (TPSA) is 3.01 Å². The van der Waals surface area contributed by atoms with Gasteiger partial charge in [0.25, 0.3) is 0 Å². The Hall–Kier alpha value is -0.850. The normalized spacial score (nSPS) is 9.29. The Morgan fingerprint density at radius 1 is 1.57 bits per heavy atom.